The molecule has 1 saturated heterocycles. The van der Waals surface area contributed by atoms with Crippen LogP contribution in [-0.2, 0) is 4.74 Å². The van der Waals surface area contributed by atoms with Gasteiger partial charge in [0.25, 0.3) is 5.91 Å². The molecule has 1 fully saturated rings. The van der Waals surface area contributed by atoms with Gasteiger partial charge in [-0.15, -0.1) is 0 Å². The van der Waals surface area contributed by atoms with Gasteiger partial charge in [-0.2, -0.15) is 0 Å². The van der Waals surface area contributed by atoms with E-state index in [0.29, 0.717) is 5.56 Å². The van der Waals surface area contributed by atoms with Crippen LogP contribution in [0.4, 0.5) is 4.79 Å². The molecule has 0 radical (unpaired) electrons. The molecule has 0 unspecified atom stereocenters. The zero-order valence-corrected chi connectivity index (χ0v) is 15.6. The molecule has 8 nitrogen and oxygen atoms in total. The van der Waals surface area contributed by atoms with E-state index in [1.165, 1.54) is 11.1 Å². The first-order chi connectivity index (χ1) is 12.0. The number of pyridine rings is 1. The molecule has 1 aromatic rings. The Labute approximate surface area is 153 Å². The van der Waals surface area contributed by atoms with Gasteiger partial charge in [0, 0.05) is 25.0 Å². The van der Waals surface area contributed by atoms with Gasteiger partial charge in [0.1, 0.15) is 5.60 Å². The monoisotopic (exact) mass is 365 g/mol. The van der Waals surface area contributed by atoms with Crippen LogP contribution >= 0.6 is 0 Å². The maximum absolute atomic E-state index is 12.6. The number of ether oxygens (including phenoxy) is 1. The maximum Gasteiger partial charge on any atom is 0.407 e. The molecule has 0 bridgehead atoms. The Bertz CT molecular complexity index is 641. The molecular formula is C18H27N3O5. The van der Waals surface area contributed by atoms with E-state index in [9.17, 15) is 19.8 Å². The third-order valence-corrected chi connectivity index (χ3v) is 3.98. The Morgan fingerprint density at radius 3 is 2.54 bits per heavy atom. The fourth-order valence-electron chi connectivity index (χ4n) is 2.76. The summed E-state index contributed by atoms with van der Waals surface area (Å²) >= 11 is 0. The quantitative estimate of drug-likeness (QED) is 0.716. The summed E-state index contributed by atoms with van der Waals surface area (Å²) in [6, 6.07) is 2.67. The van der Waals surface area contributed by atoms with Gasteiger partial charge in [-0.05, 0) is 46.2 Å². The topological polar surface area (TPSA) is 112 Å². The third-order valence-electron chi connectivity index (χ3n) is 3.98. The van der Waals surface area contributed by atoms with Crippen LogP contribution in [0.15, 0.2) is 18.3 Å². The Kier molecular flexibility index (Phi) is 6.20. The van der Waals surface area contributed by atoms with E-state index in [0.717, 1.165) is 5.69 Å². The van der Waals surface area contributed by atoms with E-state index in [-0.39, 0.29) is 25.4 Å². The molecule has 2 heterocycles. The number of amides is 2. The van der Waals surface area contributed by atoms with Crippen molar-refractivity contribution < 1.29 is 24.5 Å². The van der Waals surface area contributed by atoms with Gasteiger partial charge in [-0.25, -0.2) is 4.79 Å². The van der Waals surface area contributed by atoms with Crippen molar-refractivity contribution in [3.05, 3.63) is 29.6 Å². The number of hydrogen-bond acceptors (Lipinski definition) is 6. The highest BCUT2D eigenvalue weighted by Crippen LogP contribution is 2.16. The van der Waals surface area contributed by atoms with Crippen molar-refractivity contribution in [1.82, 2.24) is 15.2 Å². The van der Waals surface area contributed by atoms with Gasteiger partial charge in [-0.3, -0.25) is 9.78 Å². The summed E-state index contributed by atoms with van der Waals surface area (Å²) < 4.78 is 5.19. The number of alkyl carbamates (subject to hydrolysis) is 1. The molecular weight excluding hydrogens is 338 g/mol. The first-order valence-electron chi connectivity index (χ1n) is 8.63. The standard InChI is InChI=1S/C18H27N3O5/c1-11-5-6-12(8-19-11)16(24)21-9-13(22)7-14(15(23)10-21)20-17(25)26-18(2,3)4/h5-6,8,13-15,22-23H,7,9-10H2,1-4H3,(H,20,25)/t13-,14-,15-/m1/s1. The first-order valence-corrected chi connectivity index (χ1v) is 8.63. The van der Waals surface area contributed by atoms with Crippen molar-refractivity contribution in [3.63, 3.8) is 0 Å². The highest BCUT2D eigenvalue weighted by molar-refractivity contribution is 5.94. The molecule has 1 aromatic heterocycles. The summed E-state index contributed by atoms with van der Waals surface area (Å²) in [4.78, 5) is 30.0. The third kappa shape index (κ3) is 5.67. The minimum Gasteiger partial charge on any atom is -0.444 e. The highest BCUT2D eigenvalue weighted by atomic mass is 16.6. The number of likely N-dealkylation sites (tertiary alicyclic amines) is 1. The second-order valence-corrected chi connectivity index (χ2v) is 7.61. The Balaban J connectivity index is 2.05. The molecule has 3 N–H and O–H groups in total. The summed E-state index contributed by atoms with van der Waals surface area (Å²) in [6.45, 7) is 7.09. The molecule has 3 atom stereocenters. The largest absolute Gasteiger partial charge is 0.444 e. The van der Waals surface area contributed by atoms with E-state index in [1.807, 2.05) is 6.92 Å². The SMILES string of the molecule is Cc1ccc(C(=O)N2C[C@H](O)C[C@@H](NC(=O)OC(C)(C)C)[C@H](O)C2)cn1. The molecule has 1 aliphatic heterocycles. The van der Waals surface area contributed by atoms with Crippen LogP contribution in [0.3, 0.4) is 0 Å². The smallest absolute Gasteiger partial charge is 0.407 e. The number of carbonyl (C=O) groups excluding carboxylic acids is 2. The fourth-order valence-corrected chi connectivity index (χ4v) is 2.76. The predicted molar refractivity (Wildman–Crippen MR) is 94.7 cm³/mol. The fraction of sp³-hybridized carbons (Fsp3) is 0.611. The lowest BCUT2D eigenvalue weighted by molar-refractivity contribution is 0.0383. The Morgan fingerprint density at radius 1 is 1.27 bits per heavy atom. The van der Waals surface area contributed by atoms with Crippen LogP contribution in [0, 0.1) is 6.92 Å². The predicted octanol–water partition coefficient (Wildman–Crippen LogP) is 0.851. The molecule has 0 spiro atoms. The number of aliphatic hydroxyl groups excluding tert-OH is 2. The van der Waals surface area contributed by atoms with Crippen LogP contribution in [0.1, 0.15) is 43.2 Å². The van der Waals surface area contributed by atoms with Crippen molar-refractivity contribution in [2.75, 3.05) is 13.1 Å². The number of carbonyl (C=O) groups is 2. The van der Waals surface area contributed by atoms with Crippen molar-refractivity contribution in [2.24, 2.45) is 0 Å². The molecule has 2 amide bonds. The Morgan fingerprint density at radius 2 is 1.96 bits per heavy atom. The van der Waals surface area contributed by atoms with Crippen LogP contribution in [0.25, 0.3) is 0 Å². The van der Waals surface area contributed by atoms with Gasteiger partial charge >= 0.3 is 6.09 Å². The van der Waals surface area contributed by atoms with Gasteiger partial charge in [0.2, 0.25) is 0 Å². The van der Waals surface area contributed by atoms with Crippen LogP contribution in [-0.4, -0.2) is 69.0 Å². The van der Waals surface area contributed by atoms with Crippen LogP contribution in [0.2, 0.25) is 0 Å². The van der Waals surface area contributed by atoms with E-state index >= 15 is 0 Å². The van der Waals surface area contributed by atoms with Gasteiger partial charge in [0.05, 0.1) is 23.8 Å². The minimum absolute atomic E-state index is 0.00969. The zero-order valence-electron chi connectivity index (χ0n) is 15.6. The summed E-state index contributed by atoms with van der Waals surface area (Å²) in [5, 5.41) is 23.2. The summed E-state index contributed by atoms with van der Waals surface area (Å²) in [5.41, 5.74) is 0.506. The first kappa shape index (κ1) is 20.1. The number of rotatable bonds is 2. The normalized spacial score (nSPS) is 23.9. The van der Waals surface area contributed by atoms with Gasteiger partial charge in [-0.1, -0.05) is 0 Å². The zero-order chi connectivity index (χ0) is 19.5. The van der Waals surface area contributed by atoms with E-state index in [4.69, 9.17) is 4.74 Å². The average Bonchev–Trinajstić information content (AvgIpc) is 2.64. The minimum atomic E-state index is -1.03. The molecule has 144 valence electrons. The molecule has 2 rings (SSSR count). The van der Waals surface area contributed by atoms with Crippen molar-refractivity contribution in [1.29, 1.82) is 0 Å². The van der Waals surface area contributed by atoms with E-state index in [2.05, 4.69) is 10.3 Å². The number of β-amino-alcohol motifs (C(OH)–C–C–N with tert-alkyl or cyclic N) is 2. The van der Waals surface area contributed by atoms with Crippen molar-refractivity contribution >= 4 is 12.0 Å². The highest BCUT2D eigenvalue weighted by Gasteiger charge is 2.34. The van der Waals surface area contributed by atoms with Crippen molar-refractivity contribution in [2.45, 2.75) is 58.0 Å². The number of aliphatic hydroxyl groups is 2. The Hall–Kier alpha value is -2.19. The lowest BCUT2D eigenvalue weighted by atomic mass is 10.1. The molecule has 0 saturated carbocycles. The number of aromatic nitrogens is 1. The lowest BCUT2D eigenvalue weighted by Gasteiger charge is -2.26. The number of aryl methyl sites for hydroxylation is 1. The van der Waals surface area contributed by atoms with Crippen LogP contribution < -0.4 is 5.32 Å². The van der Waals surface area contributed by atoms with Gasteiger partial charge in [0.15, 0.2) is 0 Å². The maximum atomic E-state index is 12.6. The molecule has 0 aliphatic carbocycles. The molecule has 0 aromatic carbocycles. The summed E-state index contributed by atoms with van der Waals surface area (Å²) in [6.07, 6.45) is -0.985. The number of hydrogen-bond donors (Lipinski definition) is 3. The molecule has 26 heavy (non-hydrogen) atoms. The average molecular weight is 365 g/mol. The molecule has 1 aliphatic rings. The van der Waals surface area contributed by atoms with Gasteiger partial charge < -0.3 is 25.2 Å². The van der Waals surface area contributed by atoms with Crippen LogP contribution in [0.5, 0.6) is 0 Å². The van der Waals surface area contributed by atoms with Crippen molar-refractivity contribution in [3.8, 4) is 0 Å². The second-order valence-electron chi connectivity index (χ2n) is 7.61. The lowest BCUT2D eigenvalue weighted by Crippen LogP contribution is -2.48. The van der Waals surface area contributed by atoms with E-state index in [1.54, 1.807) is 32.9 Å². The number of nitrogens with zero attached hydrogens (tertiary/aromatic N) is 2. The molecule has 8 heteroatoms. The number of nitrogens with one attached hydrogen (secondary N) is 1. The van der Waals surface area contributed by atoms with E-state index < -0.39 is 29.9 Å². The summed E-state index contributed by atoms with van der Waals surface area (Å²) in [7, 11) is 0. The summed E-state index contributed by atoms with van der Waals surface area (Å²) in [5.74, 6) is -0.325. The second kappa shape index (κ2) is 8.01.